The van der Waals surface area contributed by atoms with Crippen LogP contribution in [0.5, 0.6) is 11.5 Å². The summed E-state index contributed by atoms with van der Waals surface area (Å²) >= 11 is 0. The lowest BCUT2D eigenvalue weighted by atomic mass is 10.1. The largest absolute Gasteiger partial charge is 0.497 e. The molecule has 0 saturated carbocycles. The summed E-state index contributed by atoms with van der Waals surface area (Å²) in [5.41, 5.74) is 2.24. The summed E-state index contributed by atoms with van der Waals surface area (Å²) in [5, 5.41) is 3.43. The van der Waals surface area contributed by atoms with Crippen molar-refractivity contribution in [3.05, 3.63) is 54.1 Å². The second-order valence-electron chi connectivity index (χ2n) is 6.04. The van der Waals surface area contributed by atoms with Crippen LogP contribution in [0, 0.1) is 0 Å². The molecule has 0 bridgehead atoms. The Morgan fingerprint density at radius 2 is 1.67 bits per heavy atom. The molecule has 3 heteroatoms. The van der Waals surface area contributed by atoms with E-state index in [1.807, 2.05) is 48.5 Å². The molecule has 21 heavy (non-hydrogen) atoms. The van der Waals surface area contributed by atoms with Crippen molar-refractivity contribution in [2.45, 2.75) is 32.9 Å². The van der Waals surface area contributed by atoms with Gasteiger partial charge in [0.05, 0.1) is 7.11 Å². The zero-order chi connectivity index (χ0) is 15.3. The summed E-state index contributed by atoms with van der Waals surface area (Å²) in [6, 6.07) is 15.9. The monoisotopic (exact) mass is 285 g/mol. The van der Waals surface area contributed by atoms with E-state index in [0.29, 0.717) is 6.61 Å². The van der Waals surface area contributed by atoms with E-state index in [2.05, 4.69) is 26.1 Å². The van der Waals surface area contributed by atoms with E-state index in [1.165, 1.54) is 0 Å². The first-order valence-corrected chi connectivity index (χ1v) is 7.10. The summed E-state index contributed by atoms with van der Waals surface area (Å²) < 4.78 is 11.0. The first-order chi connectivity index (χ1) is 9.96. The van der Waals surface area contributed by atoms with Crippen LogP contribution in [-0.4, -0.2) is 12.6 Å². The van der Waals surface area contributed by atoms with Crippen LogP contribution in [0.2, 0.25) is 0 Å². The molecule has 0 aromatic heterocycles. The third kappa shape index (κ3) is 5.03. The topological polar surface area (TPSA) is 30.5 Å². The first kappa shape index (κ1) is 15.2. The van der Waals surface area contributed by atoms with Gasteiger partial charge in [-0.2, -0.15) is 0 Å². The Hall–Kier alpha value is -2.16. The molecule has 0 aliphatic rings. The van der Waals surface area contributed by atoms with Crippen LogP contribution >= 0.6 is 0 Å². The highest BCUT2D eigenvalue weighted by Gasteiger charge is 2.08. The average molecular weight is 285 g/mol. The van der Waals surface area contributed by atoms with Gasteiger partial charge in [-0.3, -0.25) is 0 Å². The van der Waals surface area contributed by atoms with Gasteiger partial charge in [0, 0.05) is 11.2 Å². The second-order valence-corrected chi connectivity index (χ2v) is 6.04. The minimum absolute atomic E-state index is 0.0585. The maximum atomic E-state index is 5.79. The van der Waals surface area contributed by atoms with Crippen LogP contribution in [0.3, 0.4) is 0 Å². The lowest BCUT2D eigenvalue weighted by Crippen LogP contribution is -2.25. The molecule has 0 atom stereocenters. The fourth-order valence-electron chi connectivity index (χ4n) is 2.00. The van der Waals surface area contributed by atoms with Crippen LogP contribution < -0.4 is 14.8 Å². The fraction of sp³-hybridized carbons (Fsp3) is 0.333. The first-order valence-electron chi connectivity index (χ1n) is 7.10. The van der Waals surface area contributed by atoms with Gasteiger partial charge in [0.2, 0.25) is 0 Å². The van der Waals surface area contributed by atoms with Crippen molar-refractivity contribution in [1.29, 1.82) is 0 Å². The minimum Gasteiger partial charge on any atom is -0.497 e. The van der Waals surface area contributed by atoms with E-state index >= 15 is 0 Å². The lowest BCUT2D eigenvalue weighted by molar-refractivity contribution is 0.305. The highest BCUT2D eigenvalue weighted by molar-refractivity contribution is 5.47. The molecular weight excluding hydrogens is 262 g/mol. The average Bonchev–Trinajstić information content (AvgIpc) is 2.45. The van der Waals surface area contributed by atoms with Crippen molar-refractivity contribution in [3.8, 4) is 11.5 Å². The summed E-state index contributed by atoms with van der Waals surface area (Å²) in [7, 11) is 1.67. The maximum absolute atomic E-state index is 5.79. The fourth-order valence-corrected chi connectivity index (χ4v) is 2.00. The zero-order valence-corrected chi connectivity index (χ0v) is 13.1. The highest BCUT2D eigenvalue weighted by atomic mass is 16.5. The van der Waals surface area contributed by atoms with Gasteiger partial charge in [-0.05, 0) is 62.7 Å². The third-order valence-electron chi connectivity index (χ3n) is 2.91. The number of hydrogen-bond acceptors (Lipinski definition) is 3. The van der Waals surface area contributed by atoms with Crippen molar-refractivity contribution in [3.63, 3.8) is 0 Å². The Morgan fingerprint density at radius 1 is 0.952 bits per heavy atom. The van der Waals surface area contributed by atoms with Crippen LogP contribution in [0.25, 0.3) is 0 Å². The van der Waals surface area contributed by atoms with Crippen LogP contribution in [0.1, 0.15) is 26.3 Å². The van der Waals surface area contributed by atoms with Gasteiger partial charge in [0.15, 0.2) is 0 Å². The molecule has 112 valence electrons. The van der Waals surface area contributed by atoms with Crippen molar-refractivity contribution >= 4 is 5.69 Å². The molecule has 3 nitrogen and oxygen atoms in total. The van der Waals surface area contributed by atoms with Crippen molar-refractivity contribution in [2.75, 3.05) is 12.4 Å². The molecule has 2 aromatic rings. The number of ether oxygens (including phenoxy) is 2. The lowest BCUT2D eigenvalue weighted by Gasteiger charge is -2.22. The quantitative estimate of drug-likeness (QED) is 0.878. The Labute approximate surface area is 126 Å². The SMILES string of the molecule is COc1cccc(COc2ccc(NC(C)(C)C)cc2)c1. The molecule has 0 amide bonds. The van der Waals surface area contributed by atoms with Gasteiger partial charge in [0.25, 0.3) is 0 Å². The molecule has 2 aromatic carbocycles. The van der Waals surface area contributed by atoms with Crippen molar-refractivity contribution in [2.24, 2.45) is 0 Å². The van der Waals surface area contributed by atoms with E-state index in [1.54, 1.807) is 7.11 Å². The highest BCUT2D eigenvalue weighted by Crippen LogP contribution is 2.20. The van der Waals surface area contributed by atoms with Gasteiger partial charge < -0.3 is 14.8 Å². The molecule has 0 aliphatic heterocycles. The third-order valence-corrected chi connectivity index (χ3v) is 2.91. The van der Waals surface area contributed by atoms with Gasteiger partial charge in [-0.1, -0.05) is 12.1 Å². The Morgan fingerprint density at radius 3 is 2.29 bits per heavy atom. The van der Waals surface area contributed by atoms with Crippen molar-refractivity contribution in [1.82, 2.24) is 0 Å². The van der Waals surface area contributed by atoms with Crippen LogP contribution in [0.4, 0.5) is 5.69 Å². The summed E-state index contributed by atoms with van der Waals surface area (Å²) in [5.74, 6) is 1.71. The Balaban J connectivity index is 1.94. The molecule has 0 radical (unpaired) electrons. The van der Waals surface area contributed by atoms with E-state index in [4.69, 9.17) is 9.47 Å². The van der Waals surface area contributed by atoms with Gasteiger partial charge in [-0.15, -0.1) is 0 Å². The molecule has 1 N–H and O–H groups in total. The minimum atomic E-state index is 0.0585. The summed E-state index contributed by atoms with van der Waals surface area (Å²) in [6.45, 7) is 6.95. The smallest absolute Gasteiger partial charge is 0.119 e. The Kier molecular flexibility index (Phi) is 4.73. The normalized spacial score (nSPS) is 11.0. The molecule has 0 aliphatic carbocycles. The predicted molar refractivity (Wildman–Crippen MR) is 87.1 cm³/mol. The molecule has 0 unspecified atom stereocenters. The van der Waals surface area contributed by atoms with Gasteiger partial charge >= 0.3 is 0 Å². The molecular formula is C18H23NO2. The van der Waals surface area contributed by atoms with Crippen LogP contribution in [-0.2, 0) is 6.61 Å². The number of hydrogen-bond donors (Lipinski definition) is 1. The molecule has 0 saturated heterocycles. The molecule has 0 heterocycles. The van der Waals surface area contributed by atoms with E-state index in [9.17, 15) is 0 Å². The molecule has 2 rings (SSSR count). The van der Waals surface area contributed by atoms with E-state index in [-0.39, 0.29) is 5.54 Å². The predicted octanol–water partition coefficient (Wildman–Crippen LogP) is 4.48. The number of benzene rings is 2. The standard InChI is InChI=1S/C18H23NO2/c1-18(2,3)19-15-8-10-16(11-9-15)21-13-14-6-5-7-17(12-14)20-4/h5-12,19H,13H2,1-4H3. The zero-order valence-electron chi connectivity index (χ0n) is 13.1. The number of rotatable bonds is 5. The van der Waals surface area contributed by atoms with E-state index < -0.39 is 0 Å². The summed E-state index contributed by atoms with van der Waals surface area (Å²) in [4.78, 5) is 0. The summed E-state index contributed by atoms with van der Waals surface area (Å²) in [6.07, 6.45) is 0. The van der Waals surface area contributed by atoms with Gasteiger partial charge in [-0.25, -0.2) is 0 Å². The number of nitrogens with one attached hydrogen (secondary N) is 1. The maximum Gasteiger partial charge on any atom is 0.119 e. The number of methoxy groups -OCH3 is 1. The molecule has 0 fully saturated rings. The van der Waals surface area contributed by atoms with Crippen LogP contribution in [0.15, 0.2) is 48.5 Å². The molecule has 0 spiro atoms. The van der Waals surface area contributed by atoms with Crippen molar-refractivity contribution < 1.29 is 9.47 Å². The number of anilines is 1. The van der Waals surface area contributed by atoms with E-state index in [0.717, 1.165) is 22.7 Å². The second kappa shape index (κ2) is 6.53. The Bertz CT molecular complexity index is 571. The van der Waals surface area contributed by atoms with Gasteiger partial charge in [0.1, 0.15) is 18.1 Å².